The number of aromatic nitrogens is 2. The van der Waals surface area contributed by atoms with Gasteiger partial charge >= 0.3 is 0 Å². The van der Waals surface area contributed by atoms with Gasteiger partial charge < -0.3 is 11.1 Å². The molecule has 19 heavy (non-hydrogen) atoms. The highest BCUT2D eigenvalue weighted by molar-refractivity contribution is 7.80. The van der Waals surface area contributed by atoms with E-state index in [4.69, 9.17) is 52.8 Å². The van der Waals surface area contributed by atoms with Gasteiger partial charge in [0.1, 0.15) is 10.7 Å². The van der Waals surface area contributed by atoms with E-state index < -0.39 is 0 Å². The summed E-state index contributed by atoms with van der Waals surface area (Å²) in [6, 6.07) is 4.73. The maximum absolute atomic E-state index is 6.04. The number of thiocarbonyl (C=S) groups is 1. The van der Waals surface area contributed by atoms with Crippen LogP contribution in [0, 0.1) is 0 Å². The summed E-state index contributed by atoms with van der Waals surface area (Å²) in [7, 11) is 0. The van der Waals surface area contributed by atoms with E-state index in [0.717, 1.165) is 0 Å². The molecule has 1 heterocycles. The van der Waals surface area contributed by atoms with Crippen LogP contribution in [-0.2, 0) is 0 Å². The van der Waals surface area contributed by atoms with Crippen molar-refractivity contribution in [3.63, 3.8) is 0 Å². The molecule has 2 rings (SSSR count). The molecule has 0 saturated heterocycles. The van der Waals surface area contributed by atoms with Gasteiger partial charge in [0.15, 0.2) is 0 Å². The molecule has 0 saturated carbocycles. The standard InChI is InChI=1S/C11H7Cl3N4S/c12-5-3-7(14)9(4-6(5)13)18-11-16-2-1-8(17-11)10(15)19/h1-4H,(H2,15,19)(H,16,17,18). The number of hydrogen-bond donors (Lipinski definition) is 2. The number of nitrogens with zero attached hydrogens (tertiary/aromatic N) is 2. The van der Waals surface area contributed by atoms with Gasteiger partial charge in [-0.1, -0.05) is 47.0 Å². The fraction of sp³-hybridized carbons (Fsp3) is 0. The van der Waals surface area contributed by atoms with Crippen LogP contribution in [0.5, 0.6) is 0 Å². The Labute approximate surface area is 129 Å². The van der Waals surface area contributed by atoms with Crippen molar-refractivity contribution in [2.45, 2.75) is 0 Å². The van der Waals surface area contributed by atoms with E-state index in [0.29, 0.717) is 32.4 Å². The van der Waals surface area contributed by atoms with Crippen LogP contribution in [0.3, 0.4) is 0 Å². The number of nitrogens with two attached hydrogens (primary N) is 1. The summed E-state index contributed by atoms with van der Waals surface area (Å²) in [5, 5.41) is 4.07. The first-order valence-corrected chi connectivity index (χ1v) is 6.56. The number of halogens is 3. The van der Waals surface area contributed by atoms with E-state index in [9.17, 15) is 0 Å². The molecule has 4 nitrogen and oxygen atoms in total. The predicted molar refractivity (Wildman–Crippen MR) is 82.7 cm³/mol. The molecule has 0 amide bonds. The van der Waals surface area contributed by atoms with Crippen molar-refractivity contribution in [1.29, 1.82) is 0 Å². The van der Waals surface area contributed by atoms with Crippen molar-refractivity contribution >= 4 is 63.6 Å². The lowest BCUT2D eigenvalue weighted by atomic mass is 10.3. The highest BCUT2D eigenvalue weighted by atomic mass is 35.5. The summed E-state index contributed by atoms with van der Waals surface area (Å²) < 4.78 is 0. The van der Waals surface area contributed by atoms with Crippen molar-refractivity contribution in [3.8, 4) is 0 Å². The quantitative estimate of drug-likeness (QED) is 0.660. The minimum Gasteiger partial charge on any atom is -0.388 e. The summed E-state index contributed by atoms with van der Waals surface area (Å²) in [4.78, 5) is 8.36. The lowest BCUT2D eigenvalue weighted by Gasteiger charge is -2.09. The van der Waals surface area contributed by atoms with E-state index >= 15 is 0 Å². The SMILES string of the molecule is NC(=S)c1ccnc(Nc2cc(Cl)c(Cl)cc2Cl)n1. The molecule has 3 N–H and O–H groups in total. The Hall–Kier alpha value is -1.14. The van der Waals surface area contributed by atoms with E-state index in [1.807, 2.05) is 0 Å². The van der Waals surface area contributed by atoms with Gasteiger partial charge in [-0.05, 0) is 18.2 Å². The molecule has 98 valence electrons. The molecule has 0 aliphatic rings. The lowest BCUT2D eigenvalue weighted by molar-refractivity contribution is 1.15. The van der Waals surface area contributed by atoms with Crippen molar-refractivity contribution in [3.05, 3.63) is 45.2 Å². The third-order valence-electron chi connectivity index (χ3n) is 2.16. The molecular formula is C11H7Cl3N4S. The molecule has 0 radical (unpaired) electrons. The molecule has 2 aromatic rings. The number of hydrogen-bond acceptors (Lipinski definition) is 4. The Morgan fingerprint density at radius 2 is 1.84 bits per heavy atom. The highest BCUT2D eigenvalue weighted by Crippen LogP contribution is 2.33. The lowest BCUT2D eigenvalue weighted by Crippen LogP contribution is -2.12. The second-order valence-corrected chi connectivity index (χ2v) is 5.16. The maximum atomic E-state index is 6.04. The van der Waals surface area contributed by atoms with Crippen molar-refractivity contribution in [1.82, 2.24) is 9.97 Å². The van der Waals surface area contributed by atoms with Gasteiger partial charge in [0.2, 0.25) is 5.95 Å². The van der Waals surface area contributed by atoms with E-state index in [1.54, 1.807) is 12.1 Å². The number of anilines is 2. The van der Waals surface area contributed by atoms with E-state index in [2.05, 4.69) is 15.3 Å². The number of nitrogens with one attached hydrogen (secondary N) is 1. The molecule has 0 unspecified atom stereocenters. The van der Waals surface area contributed by atoms with Crippen molar-refractivity contribution < 1.29 is 0 Å². The van der Waals surface area contributed by atoms with Crippen molar-refractivity contribution in [2.24, 2.45) is 5.73 Å². The Bertz CT molecular complexity index is 648. The van der Waals surface area contributed by atoms with Gasteiger partial charge in [0.25, 0.3) is 0 Å². The zero-order valence-corrected chi connectivity index (χ0v) is 12.4. The normalized spacial score (nSPS) is 10.3. The maximum Gasteiger partial charge on any atom is 0.227 e. The minimum atomic E-state index is 0.186. The van der Waals surface area contributed by atoms with Gasteiger partial charge in [-0.2, -0.15) is 0 Å². The monoisotopic (exact) mass is 332 g/mol. The van der Waals surface area contributed by atoms with Gasteiger partial charge in [-0.3, -0.25) is 0 Å². The van der Waals surface area contributed by atoms with Gasteiger partial charge in [0.05, 0.1) is 20.8 Å². The number of rotatable bonds is 3. The minimum absolute atomic E-state index is 0.186. The molecular weight excluding hydrogens is 327 g/mol. The average molecular weight is 334 g/mol. The summed E-state index contributed by atoms with van der Waals surface area (Å²) in [5.74, 6) is 0.311. The first-order valence-electron chi connectivity index (χ1n) is 5.02. The molecule has 0 atom stereocenters. The van der Waals surface area contributed by atoms with E-state index in [-0.39, 0.29) is 4.99 Å². The van der Waals surface area contributed by atoms with Crippen LogP contribution in [0.2, 0.25) is 15.1 Å². The summed E-state index contributed by atoms with van der Waals surface area (Å²) in [6.07, 6.45) is 1.54. The molecule has 1 aromatic carbocycles. The zero-order chi connectivity index (χ0) is 14.0. The molecule has 0 aliphatic heterocycles. The molecule has 8 heteroatoms. The fourth-order valence-electron chi connectivity index (χ4n) is 1.29. The predicted octanol–water partition coefficient (Wildman–Crippen LogP) is 3.81. The molecule has 0 aliphatic carbocycles. The summed E-state index contributed by atoms with van der Waals surface area (Å²) >= 11 is 22.7. The van der Waals surface area contributed by atoms with Gasteiger partial charge in [-0.25, -0.2) is 9.97 Å². The topological polar surface area (TPSA) is 63.8 Å². The fourth-order valence-corrected chi connectivity index (χ4v) is 2.00. The Balaban J connectivity index is 2.33. The van der Waals surface area contributed by atoms with Crippen LogP contribution < -0.4 is 11.1 Å². The first kappa shape index (κ1) is 14.3. The molecule has 0 fully saturated rings. The Kier molecular flexibility index (Phi) is 4.42. The van der Waals surface area contributed by atoms with Gasteiger partial charge in [-0.15, -0.1) is 0 Å². The third kappa shape index (κ3) is 3.45. The highest BCUT2D eigenvalue weighted by Gasteiger charge is 2.08. The Morgan fingerprint density at radius 1 is 1.16 bits per heavy atom. The second kappa shape index (κ2) is 5.88. The summed E-state index contributed by atoms with van der Waals surface area (Å²) in [5.41, 5.74) is 6.50. The van der Waals surface area contributed by atoms with Gasteiger partial charge in [0, 0.05) is 6.20 Å². The molecule has 1 aromatic heterocycles. The zero-order valence-electron chi connectivity index (χ0n) is 9.32. The first-order chi connectivity index (χ1) is 8.97. The Morgan fingerprint density at radius 3 is 2.53 bits per heavy atom. The van der Waals surface area contributed by atoms with Crippen LogP contribution in [0.4, 0.5) is 11.6 Å². The molecule has 0 spiro atoms. The molecule has 0 bridgehead atoms. The third-order valence-corrected chi connectivity index (χ3v) is 3.41. The van der Waals surface area contributed by atoms with Crippen LogP contribution >= 0.6 is 47.0 Å². The average Bonchev–Trinajstić information content (AvgIpc) is 2.36. The summed E-state index contributed by atoms with van der Waals surface area (Å²) in [6.45, 7) is 0. The second-order valence-electron chi connectivity index (χ2n) is 3.50. The van der Waals surface area contributed by atoms with Crippen molar-refractivity contribution in [2.75, 3.05) is 5.32 Å². The van der Waals surface area contributed by atoms with Crippen LogP contribution in [0.25, 0.3) is 0 Å². The van der Waals surface area contributed by atoms with Crippen LogP contribution in [0.1, 0.15) is 5.69 Å². The van der Waals surface area contributed by atoms with E-state index in [1.165, 1.54) is 12.3 Å². The largest absolute Gasteiger partial charge is 0.388 e. The van der Waals surface area contributed by atoms with Crippen LogP contribution in [-0.4, -0.2) is 15.0 Å². The number of benzene rings is 1. The van der Waals surface area contributed by atoms with Crippen LogP contribution in [0.15, 0.2) is 24.4 Å². The smallest absolute Gasteiger partial charge is 0.227 e.